The molecule has 2 aromatic rings. The highest BCUT2D eigenvalue weighted by Crippen LogP contribution is 2.26. The van der Waals surface area contributed by atoms with Crippen LogP contribution in [0, 0.1) is 28.6 Å². The molecule has 0 saturated carbocycles. The normalized spacial score (nSPS) is 9.78. The Morgan fingerprint density at radius 3 is 2.44 bits per heavy atom. The largest absolute Gasteiger partial charge is 0.192 e. The number of hydrogen-bond donors (Lipinski definition) is 0. The molecule has 0 unspecified atom stereocenters. The van der Waals surface area contributed by atoms with Crippen LogP contribution in [-0.2, 0) is 0 Å². The van der Waals surface area contributed by atoms with Gasteiger partial charge in [0.2, 0.25) is 0 Å². The summed E-state index contributed by atoms with van der Waals surface area (Å²) >= 11 is 0. The van der Waals surface area contributed by atoms with E-state index in [0.29, 0.717) is 11.1 Å². The van der Waals surface area contributed by atoms with Gasteiger partial charge in [0.05, 0.1) is 23.3 Å². The molecule has 2 aromatic carbocycles. The number of hydrogen-bond acceptors (Lipinski definition) is 2. The van der Waals surface area contributed by atoms with Gasteiger partial charge in [0.1, 0.15) is 0 Å². The van der Waals surface area contributed by atoms with Crippen LogP contribution in [0.25, 0.3) is 0 Å². The van der Waals surface area contributed by atoms with Crippen LogP contribution in [0.15, 0.2) is 48.5 Å². The maximum atomic E-state index is 9.10. The Hall–Kier alpha value is -2.58. The first kappa shape index (κ1) is 11.9. The molecule has 0 N–H and O–H groups in total. The first-order valence-electron chi connectivity index (χ1n) is 5.60. The smallest absolute Gasteiger partial charge is 0.0994 e. The minimum absolute atomic E-state index is 0.626. The van der Waals surface area contributed by atoms with Crippen molar-refractivity contribution in [1.29, 1.82) is 10.5 Å². The van der Waals surface area contributed by atoms with Crippen LogP contribution in [0.1, 0.15) is 29.2 Å². The molecule has 0 atom stereocenters. The summed E-state index contributed by atoms with van der Waals surface area (Å²) in [7, 11) is 0. The standard InChI is InChI=1S/C16H11N2/c1-12(14-7-4-5-13(9-14)10-17)16-8-3-2-6-15(16)11-18/h2-9H,1H3. The summed E-state index contributed by atoms with van der Waals surface area (Å²) in [4.78, 5) is 0. The average Bonchev–Trinajstić information content (AvgIpc) is 2.46. The molecule has 2 heteroatoms. The molecule has 1 radical (unpaired) electrons. The SMILES string of the molecule is C[C](c1cccc(C#N)c1)c1ccccc1C#N. The molecule has 0 amide bonds. The maximum absolute atomic E-state index is 9.10. The van der Waals surface area contributed by atoms with Crippen molar-refractivity contribution >= 4 is 0 Å². The van der Waals surface area contributed by atoms with Gasteiger partial charge in [-0.15, -0.1) is 0 Å². The van der Waals surface area contributed by atoms with Crippen molar-refractivity contribution in [1.82, 2.24) is 0 Å². The third kappa shape index (κ3) is 2.24. The van der Waals surface area contributed by atoms with Gasteiger partial charge in [-0.25, -0.2) is 0 Å². The van der Waals surface area contributed by atoms with Crippen LogP contribution in [0.4, 0.5) is 0 Å². The van der Waals surface area contributed by atoms with E-state index in [1.54, 1.807) is 12.1 Å². The van der Waals surface area contributed by atoms with Crippen molar-refractivity contribution in [3.63, 3.8) is 0 Å². The monoisotopic (exact) mass is 231 g/mol. The highest BCUT2D eigenvalue weighted by Gasteiger charge is 2.13. The molecule has 0 aliphatic carbocycles. The second-order valence-corrected chi connectivity index (χ2v) is 3.97. The van der Waals surface area contributed by atoms with E-state index in [-0.39, 0.29) is 0 Å². The van der Waals surface area contributed by atoms with Crippen LogP contribution in [0.5, 0.6) is 0 Å². The summed E-state index contributed by atoms with van der Waals surface area (Å²) in [6.45, 7) is 1.96. The summed E-state index contributed by atoms with van der Waals surface area (Å²) in [5.74, 6) is 1.00. The number of nitrogens with zero attached hydrogens (tertiary/aromatic N) is 2. The van der Waals surface area contributed by atoms with E-state index in [0.717, 1.165) is 17.0 Å². The van der Waals surface area contributed by atoms with Crippen molar-refractivity contribution in [3.8, 4) is 12.1 Å². The quantitative estimate of drug-likeness (QED) is 0.795. The van der Waals surface area contributed by atoms with Gasteiger partial charge in [-0.05, 0) is 29.3 Å². The lowest BCUT2D eigenvalue weighted by Crippen LogP contribution is -2.00. The van der Waals surface area contributed by atoms with Gasteiger partial charge in [-0.1, -0.05) is 37.3 Å². The average molecular weight is 231 g/mol. The Labute approximate surface area is 107 Å². The third-order valence-electron chi connectivity index (χ3n) is 2.88. The van der Waals surface area contributed by atoms with Crippen LogP contribution in [0.2, 0.25) is 0 Å². The fraction of sp³-hybridized carbons (Fsp3) is 0.0625. The molecule has 18 heavy (non-hydrogen) atoms. The minimum atomic E-state index is 0.626. The van der Waals surface area contributed by atoms with Crippen molar-refractivity contribution in [3.05, 3.63) is 76.7 Å². The van der Waals surface area contributed by atoms with Gasteiger partial charge in [0.15, 0.2) is 0 Å². The zero-order valence-electron chi connectivity index (χ0n) is 10.0. The Morgan fingerprint density at radius 2 is 1.72 bits per heavy atom. The highest BCUT2D eigenvalue weighted by atomic mass is 14.3. The van der Waals surface area contributed by atoms with Gasteiger partial charge >= 0.3 is 0 Å². The van der Waals surface area contributed by atoms with E-state index in [1.807, 2.05) is 43.3 Å². The van der Waals surface area contributed by atoms with Crippen LogP contribution >= 0.6 is 0 Å². The first-order chi connectivity index (χ1) is 8.76. The van der Waals surface area contributed by atoms with Gasteiger partial charge in [-0.3, -0.25) is 0 Å². The van der Waals surface area contributed by atoms with E-state index in [9.17, 15) is 0 Å². The molecule has 0 heterocycles. The molecular formula is C16H11N2. The van der Waals surface area contributed by atoms with Crippen molar-refractivity contribution < 1.29 is 0 Å². The molecular weight excluding hydrogens is 220 g/mol. The van der Waals surface area contributed by atoms with Crippen LogP contribution in [0.3, 0.4) is 0 Å². The predicted octanol–water partition coefficient (Wildman–Crippen LogP) is 3.42. The van der Waals surface area contributed by atoms with Gasteiger partial charge in [0, 0.05) is 5.92 Å². The molecule has 0 bridgehead atoms. The van der Waals surface area contributed by atoms with Gasteiger partial charge < -0.3 is 0 Å². The molecule has 2 rings (SSSR count). The summed E-state index contributed by atoms with van der Waals surface area (Å²) in [6.07, 6.45) is 0. The van der Waals surface area contributed by atoms with Crippen LogP contribution in [-0.4, -0.2) is 0 Å². The Kier molecular flexibility index (Phi) is 3.41. The Bertz CT molecular complexity index is 645. The van der Waals surface area contributed by atoms with Crippen molar-refractivity contribution in [2.24, 2.45) is 0 Å². The minimum Gasteiger partial charge on any atom is -0.192 e. The lowest BCUT2D eigenvalue weighted by atomic mass is 9.89. The van der Waals surface area contributed by atoms with E-state index < -0.39 is 0 Å². The molecule has 0 spiro atoms. The summed E-state index contributed by atoms with van der Waals surface area (Å²) in [6, 6.07) is 19.2. The predicted molar refractivity (Wildman–Crippen MR) is 69.4 cm³/mol. The van der Waals surface area contributed by atoms with E-state index in [4.69, 9.17) is 10.5 Å². The topological polar surface area (TPSA) is 47.6 Å². The third-order valence-corrected chi connectivity index (χ3v) is 2.88. The lowest BCUT2D eigenvalue weighted by Gasteiger charge is -2.13. The summed E-state index contributed by atoms with van der Waals surface area (Å²) in [5.41, 5.74) is 3.16. The van der Waals surface area contributed by atoms with E-state index in [1.165, 1.54) is 0 Å². The first-order valence-corrected chi connectivity index (χ1v) is 5.60. The fourth-order valence-electron chi connectivity index (χ4n) is 1.89. The molecule has 0 saturated heterocycles. The number of benzene rings is 2. The Morgan fingerprint density at radius 1 is 0.944 bits per heavy atom. The van der Waals surface area contributed by atoms with E-state index >= 15 is 0 Å². The van der Waals surface area contributed by atoms with E-state index in [2.05, 4.69) is 12.1 Å². The lowest BCUT2D eigenvalue weighted by molar-refractivity contribution is 1.18. The number of rotatable bonds is 2. The highest BCUT2D eigenvalue weighted by molar-refractivity contribution is 5.53. The molecule has 0 aromatic heterocycles. The zero-order chi connectivity index (χ0) is 13.0. The maximum Gasteiger partial charge on any atom is 0.0994 e. The second-order valence-electron chi connectivity index (χ2n) is 3.97. The molecule has 0 fully saturated rings. The molecule has 2 nitrogen and oxygen atoms in total. The second kappa shape index (κ2) is 5.17. The zero-order valence-corrected chi connectivity index (χ0v) is 10.0. The van der Waals surface area contributed by atoms with Gasteiger partial charge in [0.25, 0.3) is 0 Å². The molecule has 0 aliphatic heterocycles. The number of nitriles is 2. The van der Waals surface area contributed by atoms with Crippen molar-refractivity contribution in [2.75, 3.05) is 0 Å². The van der Waals surface area contributed by atoms with Gasteiger partial charge in [-0.2, -0.15) is 10.5 Å². The Balaban J connectivity index is 2.45. The van der Waals surface area contributed by atoms with Crippen LogP contribution < -0.4 is 0 Å². The summed E-state index contributed by atoms with van der Waals surface area (Å²) < 4.78 is 0. The molecule has 0 aliphatic rings. The molecule has 85 valence electrons. The van der Waals surface area contributed by atoms with Crippen molar-refractivity contribution in [2.45, 2.75) is 6.92 Å². The summed E-state index contributed by atoms with van der Waals surface area (Å²) in [5, 5.41) is 18.0. The fourth-order valence-corrected chi connectivity index (χ4v) is 1.89.